The Labute approximate surface area is 159 Å². The monoisotopic (exact) mass is 372 g/mol. The molecular formula is C19H28N6O2. The Morgan fingerprint density at radius 3 is 2.81 bits per heavy atom. The second-order valence-electron chi connectivity index (χ2n) is 7.41. The highest BCUT2D eigenvalue weighted by atomic mass is 16.2. The van der Waals surface area contributed by atoms with Crippen LogP contribution in [0.15, 0.2) is 23.1 Å². The second kappa shape index (κ2) is 7.94. The molecule has 146 valence electrons. The van der Waals surface area contributed by atoms with Gasteiger partial charge in [-0.15, -0.1) is 0 Å². The first-order chi connectivity index (χ1) is 12.9. The summed E-state index contributed by atoms with van der Waals surface area (Å²) in [6.07, 6.45) is 2.69. The third-order valence-electron chi connectivity index (χ3n) is 5.08. The van der Waals surface area contributed by atoms with Gasteiger partial charge in [-0.1, -0.05) is 13.8 Å². The highest BCUT2D eigenvalue weighted by Gasteiger charge is 2.24. The van der Waals surface area contributed by atoms with E-state index in [9.17, 15) is 9.59 Å². The van der Waals surface area contributed by atoms with Gasteiger partial charge in [0.15, 0.2) is 0 Å². The van der Waals surface area contributed by atoms with Crippen molar-refractivity contribution >= 4 is 11.6 Å². The molecule has 1 fully saturated rings. The molecule has 8 heteroatoms. The number of carbonyl (C=O) groups is 1. The summed E-state index contributed by atoms with van der Waals surface area (Å²) in [6, 6.07) is 3.50. The Morgan fingerprint density at radius 2 is 2.15 bits per heavy atom. The Kier molecular flexibility index (Phi) is 5.62. The van der Waals surface area contributed by atoms with Gasteiger partial charge in [-0.05, 0) is 31.2 Å². The zero-order valence-corrected chi connectivity index (χ0v) is 16.5. The fourth-order valence-electron chi connectivity index (χ4n) is 3.34. The molecule has 3 rings (SSSR count). The van der Waals surface area contributed by atoms with Crippen molar-refractivity contribution in [3.63, 3.8) is 0 Å². The van der Waals surface area contributed by atoms with E-state index in [-0.39, 0.29) is 11.5 Å². The summed E-state index contributed by atoms with van der Waals surface area (Å²) in [5.41, 5.74) is 2.29. The molecule has 27 heavy (non-hydrogen) atoms. The maximum absolute atomic E-state index is 12.6. The molecule has 1 aliphatic heterocycles. The molecule has 1 atom stereocenters. The number of nitrogens with zero attached hydrogens (tertiary/aromatic N) is 5. The highest BCUT2D eigenvalue weighted by Crippen LogP contribution is 2.22. The van der Waals surface area contributed by atoms with E-state index in [1.165, 1.54) is 4.68 Å². The van der Waals surface area contributed by atoms with Gasteiger partial charge in [0.25, 0.3) is 11.5 Å². The van der Waals surface area contributed by atoms with Gasteiger partial charge in [0.05, 0.1) is 17.6 Å². The smallest absolute Gasteiger partial charge is 0.269 e. The Bertz CT molecular complexity index is 869. The van der Waals surface area contributed by atoms with Crippen LogP contribution in [0.2, 0.25) is 0 Å². The lowest BCUT2D eigenvalue weighted by Crippen LogP contribution is -2.32. The van der Waals surface area contributed by atoms with E-state index in [2.05, 4.69) is 34.3 Å². The van der Waals surface area contributed by atoms with E-state index < -0.39 is 0 Å². The molecule has 0 aliphatic carbocycles. The molecule has 1 amide bonds. The van der Waals surface area contributed by atoms with Gasteiger partial charge in [0.1, 0.15) is 5.69 Å². The van der Waals surface area contributed by atoms with Crippen molar-refractivity contribution in [2.45, 2.75) is 39.7 Å². The second-order valence-corrected chi connectivity index (χ2v) is 7.41. The van der Waals surface area contributed by atoms with Crippen molar-refractivity contribution in [1.29, 1.82) is 0 Å². The van der Waals surface area contributed by atoms with E-state index in [1.54, 1.807) is 24.0 Å². The summed E-state index contributed by atoms with van der Waals surface area (Å²) in [5.74, 6) is 0.561. The molecule has 1 saturated heterocycles. The molecule has 0 aromatic carbocycles. The van der Waals surface area contributed by atoms with E-state index in [0.29, 0.717) is 30.6 Å². The first-order valence-corrected chi connectivity index (χ1v) is 9.53. The van der Waals surface area contributed by atoms with Gasteiger partial charge >= 0.3 is 0 Å². The van der Waals surface area contributed by atoms with Crippen molar-refractivity contribution in [3.05, 3.63) is 40.1 Å². The fraction of sp³-hybridized carbons (Fsp3) is 0.579. The number of rotatable bonds is 6. The average molecular weight is 372 g/mol. The molecule has 8 nitrogen and oxygen atoms in total. The predicted octanol–water partition coefficient (Wildman–Crippen LogP) is 1.38. The summed E-state index contributed by atoms with van der Waals surface area (Å²) in [7, 11) is 1.64. The minimum Gasteiger partial charge on any atom is -0.370 e. The molecule has 3 heterocycles. The summed E-state index contributed by atoms with van der Waals surface area (Å²) in [4.78, 5) is 26.5. The maximum Gasteiger partial charge on any atom is 0.269 e. The van der Waals surface area contributed by atoms with Gasteiger partial charge in [-0.3, -0.25) is 14.3 Å². The molecule has 2 aromatic rings. The third-order valence-corrected chi connectivity index (χ3v) is 5.08. The Hall–Kier alpha value is -2.64. The number of nitrogens with one attached hydrogen (secondary N) is 1. The van der Waals surface area contributed by atoms with Crippen LogP contribution in [0.5, 0.6) is 0 Å². The largest absolute Gasteiger partial charge is 0.370 e. The zero-order valence-electron chi connectivity index (χ0n) is 16.5. The number of amides is 1. The van der Waals surface area contributed by atoms with Crippen LogP contribution < -0.4 is 15.8 Å². The standard InChI is InChI=1S/C19H28N6O2/c1-5-25-17(9-16(22-25)13(2)3)19(27)20-10-14-6-7-24(12-14)15-8-18(26)23(4)21-11-15/h8-9,11,13-14H,5-7,10,12H2,1-4H3,(H,20,27). The van der Waals surface area contributed by atoms with Gasteiger partial charge in [-0.2, -0.15) is 10.2 Å². The quantitative estimate of drug-likeness (QED) is 0.828. The van der Waals surface area contributed by atoms with Crippen LogP contribution >= 0.6 is 0 Å². The van der Waals surface area contributed by atoms with Crippen LogP contribution in [0.3, 0.4) is 0 Å². The Balaban J connectivity index is 1.58. The Morgan fingerprint density at radius 1 is 1.37 bits per heavy atom. The fourth-order valence-corrected chi connectivity index (χ4v) is 3.34. The lowest BCUT2D eigenvalue weighted by Gasteiger charge is -2.18. The van der Waals surface area contributed by atoms with Gasteiger partial charge in [0, 0.05) is 39.3 Å². The average Bonchev–Trinajstić information content (AvgIpc) is 3.29. The lowest BCUT2D eigenvalue weighted by atomic mass is 10.1. The molecular weight excluding hydrogens is 344 g/mol. The van der Waals surface area contributed by atoms with E-state index >= 15 is 0 Å². The van der Waals surface area contributed by atoms with Crippen LogP contribution in [0.25, 0.3) is 0 Å². The molecule has 1 unspecified atom stereocenters. The molecule has 0 spiro atoms. The maximum atomic E-state index is 12.6. The zero-order chi connectivity index (χ0) is 19.6. The summed E-state index contributed by atoms with van der Waals surface area (Å²) < 4.78 is 3.08. The van der Waals surface area contributed by atoms with E-state index in [4.69, 9.17) is 0 Å². The molecule has 1 N–H and O–H groups in total. The number of aromatic nitrogens is 4. The van der Waals surface area contributed by atoms with Gasteiger partial charge in [0.2, 0.25) is 0 Å². The lowest BCUT2D eigenvalue weighted by molar-refractivity contribution is 0.0937. The molecule has 2 aromatic heterocycles. The van der Waals surface area contributed by atoms with Crippen LogP contribution in [0, 0.1) is 5.92 Å². The first kappa shape index (κ1) is 19.1. The summed E-state index contributed by atoms with van der Waals surface area (Å²) >= 11 is 0. The number of aryl methyl sites for hydroxylation is 2. The van der Waals surface area contributed by atoms with Crippen molar-refractivity contribution < 1.29 is 4.79 Å². The molecule has 0 radical (unpaired) electrons. The van der Waals surface area contributed by atoms with Gasteiger partial charge < -0.3 is 10.2 Å². The van der Waals surface area contributed by atoms with E-state index in [0.717, 1.165) is 30.9 Å². The molecule has 1 aliphatic rings. The molecule has 0 saturated carbocycles. The van der Waals surface area contributed by atoms with Crippen molar-refractivity contribution in [3.8, 4) is 0 Å². The van der Waals surface area contributed by atoms with Crippen molar-refractivity contribution in [1.82, 2.24) is 24.9 Å². The van der Waals surface area contributed by atoms with Gasteiger partial charge in [-0.25, -0.2) is 4.68 Å². The number of hydrogen-bond donors (Lipinski definition) is 1. The highest BCUT2D eigenvalue weighted by molar-refractivity contribution is 5.92. The van der Waals surface area contributed by atoms with E-state index in [1.807, 2.05) is 13.0 Å². The van der Waals surface area contributed by atoms with Crippen molar-refractivity contribution in [2.24, 2.45) is 13.0 Å². The van der Waals surface area contributed by atoms with Crippen LogP contribution in [0.4, 0.5) is 5.69 Å². The minimum atomic E-state index is -0.113. The van der Waals surface area contributed by atoms with Crippen LogP contribution in [-0.4, -0.2) is 45.1 Å². The third kappa shape index (κ3) is 4.20. The summed E-state index contributed by atoms with van der Waals surface area (Å²) in [5, 5.41) is 11.6. The number of carbonyl (C=O) groups excluding carboxylic acids is 1. The summed E-state index contributed by atoms with van der Waals surface area (Å²) in [6.45, 7) is 9.08. The minimum absolute atomic E-state index is 0.0788. The van der Waals surface area contributed by atoms with Crippen LogP contribution in [0.1, 0.15) is 49.3 Å². The number of hydrogen-bond acceptors (Lipinski definition) is 5. The predicted molar refractivity (Wildman–Crippen MR) is 104 cm³/mol. The molecule has 0 bridgehead atoms. The normalized spacial score (nSPS) is 16.9. The SMILES string of the molecule is CCn1nc(C(C)C)cc1C(=O)NCC1CCN(c2cnn(C)c(=O)c2)C1. The van der Waals surface area contributed by atoms with Crippen molar-refractivity contribution in [2.75, 3.05) is 24.5 Å². The topological polar surface area (TPSA) is 85.1 Å². The number of anilines is 1. The van der Waals surface area contributed by atoms with Crippen LogP contribution in [-0.2, 0) is 13.6 Å². The first-order valence-electron chi connectivity index (χ1n) is 9.53.